The number of benzene rings is 2. The molecule has 0 unspecified atom stereocenters. The van der Waals surface area contributed by atoms with E-state index in [1.807, 2.05) is 42.5 Å². The SMILES string of the molecule is COc1cccc(CNC(=O)c2ccc3c(c2)N(C)C(=O)[C@@H]2CCCCN32)c1. The lowest BCUT2D eigenvalue weighted by Gasteiger charge is -2.44. The van der Waals surface area contributed by atoms with Gasteiger partial charge in [-0.15, -0.1) is 0 Å². The monoisotopic (exact) mass is 379 g/mol. The number of rotatable bonds is 4. The van der Waals surface area contributed by atoms with Crippen molar-refractivity contribution in [1.82, 2.24) is 5.32 Å². The Hall–Kier alpha value is -3.02. The molecule has 0 spiro atoms. The van der Waals surface area contributed by atoms with Gasteiger partial charge in [0.05, 0.1) is 18.5 Å². The van der Waals surface area contributed by atoms with Gasteiger partial charge in [-0.3, -0.25) is 9.59 Å². The second-order valence-electron chi connectivity index (χ2n) is 7.34. The lowest BCUT2D eigenvalue weighted by Crippen LogP contribution is -2.54. The summed E-state index contributed by atoms with van der Waals surface area (Å²) >= 11 is 0. The van der Waals surface area contributed by atoms with Crippen molar-refractivity contribution in [2.75, 3.05) is 30.5 Å². The Kier molecular flexibility index (Phi) is 4.94. The van der Waals surface area contributed by atoms with Crippen molar-refractivity contribution in [3.8, 4) is 5.75 Å². The van der Waals surface area contributed by atoms with Gasteiger partial charge in [0.2, 0.25) is 5.91 Å². The molecule has 0 aromatic heterocycles. The van der Waals surface area contributed by atoms with Crippen molar-refractivity contribution in [3.63, 3.8) is 0 Å². The van der Waals surface area contributed by atoms with Crippen LogP contribution in [-0.4, -0.2) is 38.6 Å². The first-order chi connectivity index (χ1) is 13.6. The standard InChI is InChI=1S/C22H25N3O3/c1-24-20-13-16(21(26)23-14-15-6-5-7-17(12-15)28-2)9-10-18(20)25-11-4-3-8-19(25)22(24)27/h5-7,9-10,12-13,19H,3-4,8,11,14H2,1-2H3,(H,23,26)/t19-/m0/s1. The van der Waals surface area contributed by atoms with Crippen LogP contribution in [0.3, 0.4) is 0 Å². The van der Waals surface area contributed by atoms with E-state index in [2.05, 4.69) is 10.2 Å². The maximum absolute atomic E-state index is 12.7. The number of hydrogen-bond donors (Lipinski definition) is 1. The molecular weight excluding hydrogens is 354 g/mol. The molecule has 2 heterocycles. The lowest BCUT2D eigenvalue weighted by molar-refractivity contribution is -0.120. The van der Waals surface area contributed by atoms with Crippen molar-refractivity contribution in [2.24, 2.45) is 0 Å². The van der Waals surface area contributed by atoms with E-state index in [9.17, 15) is 9.59 Å². The van der Waals surface area contributed by atoms with Gasteiger partial charge in [0.1, 0.15) is 11.8 Å². The van der Waals surface area contributed by atoms with Crippen LogP contribution in [0, 0.1) is 0 Å². The van der Waals surface area contributed by atoms with Crippen LogP contribution < -0.4 is 19.9 Å². The van der Waals surface area contributed by atoms with Gasteiger partial charge in [-0.05, 0) is 55.2 Å². The molecule has 6 heteroatoms. The minimum atomic E-state index is -0.160. The number of nitrogens with zero attached hydrogens (tertiary/aromatic N) is 2. The first-order valence-corrected chi connectivity index (χ1v) is 9.68. The molecule has 6 nitrogen and oxygen atoms in total. The maximum Gasteiger partial charge on any atom is 0.251 e. The van der Waals surface area contributed by atoms with Gasteiger partial charge in [-0.2, -0.15) is 0 Å². The average molecular weight is 379 g/mol. The van der Waals surface area contributed by atoms with Gasteiger partial charge in [0.15, 0.2) is 0 Å². The van der Waals surface area contributed by atoms with Crippen molar-refractivity contribution >= 4 is 23.2 Å². The highest BCUT2D eigenvalue weighted by atomic mass is 16.5. The summed E-state index contributed by atoms with van der Waals surface area (Å²) < 4.78 is 5.22. The van der Waals surface area contributed by atoms with Gasteiger partial charge in [0, 0.05) is 25.7 Å². The van der Waals surface area contributed by atoms with Crippen LogP contribution in [0.5, 0.6) is 5.75 Å². The normalized spacial score (nSPS) is 18.4. The molecule has 0 bridgehead atoms. The zero-order valence-corrected chi connectivity index (χ0v) is 16.3. The Morgan fingerprint density at radius 1 is 1.18 bits per heavy atom. The van der Waals surface area contributed by atoms with Crippen LogP contribution >= 0.6 is 0 Å². The molecule has 0 radical (unpaired) electrons. The van der Waals surface area contributed by atoms with E-state index in [1.54, 1.807) is 19.1 Å². The molecule has 2 aromatic carbocycles. The van der Waals surface area contributed by atoms with Crippen LogP contribution in [0.25, 0.3) is 0 Å². The number of fused-ring (bicyclic) bond motifs is 3. The van der Waals surface area contributed by atoms with Gasteiger partial charge in [-0.1, -0.05) is 12.1 Å². The van der Waals surface area contributed by atoms with Gasteiger partial charge < -0.3 is 19.9 Å². The second kappa shape index (κ2) is 7.54. The van der Waals surface area contributed by atoms with Crippen LogP contribution in [-0.2, 0) is 11.3 Å². The summed E-state index contributed by atoms with van der Waals surface area (Å²) in [6.45, 7) is 1.30. The Bertz CT molecular complexity index is 912. The van der Waals surface area contributed by atoms with E-state index in [0.29, 0.717) is 12.1 Å². The van der Waals surface area contributed by atoms with E-state index >= 15 is 0 Å². The second-order valence-corrected chi connectivity index (χ2v) is 7.34. The number of anilines is 2. The average Bonchev–Trinajstić information content (AvgIpc) is 2.75. The zero-order valence-electron chi connectivity index (χ0n) is 16.3. The quantitative estimate of drug-likeness (QED) is 0.887. The number of carbonyl (C=O) groups excluding carboxylic acids is 2. The van der Waals surface area contributed by atoms with E-state index in [0.717, 1.165) is 48.5 Å². The summed E-state index contributed by atoms with van der Waals surface area (Å²) in [7, 11) is 3.42. The van der Waals surface area contributed by atoms with E-state index in [-0.39, 0.29) is 17.9 Å². The molecule has 1 saturated heterocycles. The highest BCUT2D eigenvalue weighted by molar-refractivity contribution is 6.07. The Morgan fingerprint density at radius 2 is 2.04 bits per heavy atom. The number of amides is 2. The molecule has 2 amide bonds. The smallest absolute Gasteiger partial charge is 0.251 e. The van der Waals surface area contributed by atoms with Crippen LogP contribution in [0.1, 0.15) is 35.2 Å². The van der Waals surface area contributed by atoms with Crippen molar-refractivity contribution in [1.29, 1.82) is 0 Å². The summed E-state index contributed by atoms with van der Waals surface area (Å²) in [4.78, 5) is 29.3. The highest BCUT2D eigenvalue weighted by Crippen LogP contribution is 2.39. The Balaban J connectivity index is 1.53. The number of ether oxygens (including phenoxy) is 1. The van der Waals surface area contributed by atoms with Crippen molar-refractivity contribution in [2.45, 2.75) is 31.8 Å². The third-order valence-corrected chi connectivity index (χ3v) is 5.61. The van der Waals surface area contributed by atoms with Crippen LogP contribution in [0.15, 0.2) is 42.5 Å². The van der Waals surface area contributed by atoms with Crippen molar-refractivity contribution in [3.05, 3.63) is 53.6 Å². The largest absolute Gasteiger partial charge is 0.497 e. The molecule has 2 aromatic rings. The van der Waals surface area contributed by atoms with Gasteiger partial charge in [-0.25, -0.2) is 0 Å². The third-order valence-electron chi connectivity index (χ3n) is 5.61. The molecule has 146 valence electrons. The highest BCUT2D eigenvalue weighted by Gasteiger charge is 2.37. The Labute approximate surface area is 165 Å². The summed E-state index contributed by atoms with van der Waals surface area (Å²) in [5.74, 6) is 0.713. The summed E-state index contributed by atoms with van der Waals surface area (Å²) in [5.41, 5.74) is 3.36. The first-order valence-electron chi connectivity index (χ1n) is 9.68. The van der Waals surface area contributed by atoms with Crippen LogP contribution in [0.4, 0.5) is 11.4 Å². The first kappa shape index (κ1) is 18.3. The maximum atomic E-state index is 12.7. The molecule has 4 rings (SSSR count). The molecule has 28 heavy (non-hydrogen) atoms. The Morgan fingerprint density at radius 3 is 2.86 bits per heavy atom. The molecule has 1 atom stereocenters. The molecule has 2 aliphatic rings. The number of likely N-dealkylation sites (N-methyl/N-ethyl adjacent to an activating group) is 1. The fourth-order valence-corrected chi connectivity index (χ4v) is 4.06. The fourth-order valence-electron chi connectivity index (χ4n) is 4.06. The van der Waals surface area contributed by atoms with Crippen molar-refractivity contribution < 1.29 is 14.3 Å². The minimum Gasteiger partial charge on any atom is -0.497 e. The molecule has 1 fully saturated rings. The number of methoxy groups -OCH3 is 1. The fraction of sp³-hybridized carbons (Fsp3) is 0.364. The van der Waals surface area contributed by atoms with Gasteiger partial charge >= 0.3 is 0 Å². The lowest BCUT2D eigenvalue weighted by atomic mass is 9.96. The molecule has 0 aliphatic carbocycles. The summed E-state index contributed by atoms with van der Waals surface area (Å²) in [5, 5.41) is 2.94. The molecule has 0 saturated carbocycles. The predicted molar refractivity (Wildman–Crippen MR) is 109 cm³/mol. The molecule has 1 N–H and O–H groups in total. The number of carbonyl (C=O) groups is 2. The predicted octanol–water partition coefficient (Wildman–Crippen LogP) is 2.96. The number of hydrogen-bond acceptors (Lipinski definition) is 4. The van der Waals surface area contributed by atoms with E-state index < -0.39 is 0 Å². The molecular formula is C22H25N3O3. The molecule has 2 aliphatic heterocycles. The summed E-state index contributed by atoms with van der Waals surface area (Å²) in [6, 6.07) is 13.2. The topological polar surface area (TPSA) is 61.9 Å². The minimum absolute atomic E-state index is 0.0704. The van der Waals surface area contributed by atoms with E-state index in [4.69, 9.17) is 4.74 Å². The summed E-state index contributed by atoms with van der Waals surface area (Å²) in [6.07, 6.45) is 3.07. The van der Waals surface area contributed by atoms with E-state index in [1.165, 1.54) is 0 Å². The van der Waals surface area contributed by atoms with Crippen LogP contribution in [0.2, 0.25) is 0 Å². The number of nitrogens with one attached hydrogen (secondary N) is 1. The number of piperidine rings is 1. The third kappa shape index (κ3) is 3.30. The van der Waals surface area contributed by atoms with Gasteiger partial charge in [0.25, 0.3) is 5.91 Å². The zero-order chi connectivity index (χ0) is 19.7.